The molecule has 0 spiro atoms. The smallest absolute Gasteiger partial charge is 0.251 e. The number of hydrogen-bond donors (Lipinski definition) is 2. The second-order valence-electron chi connectivity index (χ2n) is 5.82. The first-order valence-electron chi connectivity index (χ1n) is 8.21. The molecule has 3 amide bonds. The van der Waals surface area contributed by atoms with Gasteiger partial charge in [0.1, 0.15) is 10.8 Å². The molecule has 0 aliphatic carbocycles. The molecule has 8 heteroatoms. The van der Waals surface area contributed by atoms with E-state index in [2.05, 4.69) is 5.32 Å². The molecular formula is C18H19N3O4S. The Morgan fingerprint density at radius 2 is 2.12 bits per heavy atom. The van der Waals surface area contributed by atoms with Crippen LogP contribution in [0.5, 0.6) is 5.75 Å². The van der Waals surface area contributed by atoms with E-state index < -0.39 is 11.8 Å². The zero-order valence-electron chi connectivity index (χ0n) is 14.2. The van der Waals surface area contributed by atoms with Crippen molar-refractivity contribution in [3.05, 3.63) is 41.3 Å². The summed E-state index contributed by atoms with van der Waals surface area (Å²) in [6.45, 7) is 2.61. The molecule has 136 valence electrons. The Bertz CT molecular complexity index is 848. The summed E-state index contributed by atoms with van der Waals surface area (Å²) in [5.41, 5.74) is 6.22. The van der Waals surface area contributed by atoms with Crippen LogP contribution in [-0.4, -0.2) is 30.9 Å². The van der Waals surface area contributed by atoms with Crippen LogP contribution in [0.2, 0.25) is 0 Å². The van der Waals surface area contributed by atoms with Crippen LogP contribution in [0.3, 0.4) is 0 Å². The summed E-state index contributed by atoms with van der Waals surface area (Å²) in [5, 5.41) is 4.80. The SMILES string of the molecule is CCOc1ccccc1N1C[C@H](C(=O)Nc2sccc2C(N)=O)CC1=O. The van der Waals surface area contributed by atoms with Crippen molar-refractivity contribution in [2.24, 2.45) is 11.7 Å². The van der Waals surface area contributed by atoms with Crippen molar-refractivity contribution in [2.45, 2.75) is 13.3 Å². The Morgan fingerprint density at radius 1 is 1.35 bits per heavy atom. The Balaban J connectivity index is 1.74. The van der Waals surface area contributed by atoms with Crippen molar-refractivity contribution in [1.82, 2.24) is 0 Å². The minimum atomic E-state index is -0.601. The number of thiophene rings is 1. The average Bonchev–Trinajstić information content (AvgIpc) is 3.22. The predicted molar refractivity (Wildman–Crippen MR) is 99.5 cm³/mol. The monoisotopic (exact) mass is 373 g/mol. The lowest BCUT2D eigenvalue weighted by atomic mass is 10.1. The number of nitrogens with two attached hydrogens (primary N) is 1. The number of ether oxygens (including phenoxy) is 1. The molecule has 1 aliphatic rings. The molecule has 1 saturated heterocycles. The summed E-state index contributed by atoms with van der Waals surface area (Å²) in [6.07, 6.45) is 0.101. The highest BCUT2D eigenvalue weighted by molar-refractivity contribution is 7.14. The number of para-hydroxylation sites is 2. The number of nitrogens with one attached hydrogen (secondary N) is 1. The van der Waals surface area contributed by atoms with E-state index in [9.17, 15) is 14.4 Å². The zero-order valence-corrected chi connectivity index (χ0v) is 15.0. The van der Waals surface area contributed by atoms with Gasteiger partial charge in [0.25, 0.3) is 5.91 Å². The number of amides is 3. The van der Waals surface area contributed by atoms with Gasteiger partial charge in [-0.15, -0.1) is 11.3 Å². The first-order chi connectivity index (χ1) is 12.5. The lowest BCUT2D eigenvalue weighted by Gasteiger charge is -2.20. The Hall–Kier alpha value is -2.87. The van der Waals surface area contributed by atoms with Crippen molar-refractivity contribution in [3.8, 4) is 5.75 Å². The summed E-state index contributed by atoms with van der Waals surface area (Å²) in [6, 6.07) is 8.82. The lowest BCUT2D eigenvalue weighted by Crippen LogP contribution is -2.28. The molecule has 0 radical (unpaired) electrons. The lowest BCUT2D eigenvalue weighted by molar-refractivity contribution is -0.122. The van der Waals surface area contributed by atoms with Gasteiger partial charge >= 0.3 is 0 Å². The first kappa shape index (κ1) is 17.9. The summed E-state index contributed by atoms with van der Waals surface area (Å²) in [7, 11) is 0. The fraction of sp³-hybridized carbons (Fsp3) is 0.278. The summed E-state index contributed by atoms with van der Waals surface area (Å²) in [4.78, 5) is 37.9. The Labute approximate surface area is 154 Å². The van der Waals surface area contributed by atoms with E-state index in [1.807, 2.05) is 19.1 Å². The number of hydrogen-bond acceptors (Lipinski definition) is 5. The third kappa shape index (κ3) is 3.55. The molecule has 7 nitrogen and oxygen atoms in total. The molecule has 0 saturated carbocycles. The van der Waals surface area contributed by atoms with Crippen LogP contribution < -0.4 is 20.7 Å². The van der Waals surface area contributed by atoms with Gasteiger partial charge in [-0.2, -0.15) is 0 Å². The summed E-state index contributed by atoms with van der Waals surface area (Å²) in [5.74, 6) is -0.951. The Kier molecular flexibility index (Phi) is 5.22. The highest BCUT2D eigenvalue weighted by Crippen LogP contribution is 2.33. The fourth-order valence-corrected chi connectivity index (χ4v) is 3.68. The van der Waals surface area contributed by atoms with Crippen molar-refractivity contribution < 1.29 is 19.1 Å². The third-order valence-electron chi connectivity index (χ3n) is 4.12. The molecule has 26 heavy (non-hydrogen) atoms. The predicted octanol–water partition coefficient (Wildman–Crippen LogP) is 2.24. The molecule has 0 unspecified atom stereocenters. The van der Waals surface area contributed by atoms with E-state index >= 15 is 0 Å². The molecule has 1 aromatic carbocycles. The maximum absolute atomic E-state index is 12.6. The largest absolute Gasteiger partial charge is 0.492 e. The van der Waals surface area contributed by atoms with E-state index in [-0.39, 0.29) is 30.3 Å². The van der Waals surface area contributed by atoms with Crippen molar-refractivity contribution >= 4 is 39.7 Å². The molecule has 3 N–H and O–H groups in total. The van der Waals surface area contributed by atoms with Crippen LogP contribution in [0, 0.1) is 5.92 Å². The standard InChI is InChI=1S/C18H19N3O4S/c1-2-25-14-6-4-3-5-13(14)21-10-11(9-15(21)22)17(24)20-18-12(16(19)23)7-8-26-18/h3-8,11H,2,9-10H2,1H3,(H2,19,23)(H,20,24)/t11-/m1/s1. The van der Waals surface area contributed by atoms with Gasteiger partial charge in [-0.05, 0) is 30.5 Å². The molecule has 2 heterocycles. The number of nitrogens with zero attached hydrogens (tertiary/aromatic N) is 1. The highest BCUT2D eigenvalue weighted by Gasteiger charge is 2.36. The average molecular weight is 373 g/mol. The van der Waals surface area contributed by atoms with Crippen molar-refractivity contribution in [2.75, 3.05) is 23.4 Å². The van der Waals surface area contributed by atoms with E-state index in [4.69, 9.17) is 10.5 Å². The molecule has 2 aromatic rings. The number of primary amides is 1. The van der Waals surface area contributed by atoms with Crippen LogP contribution in [0.15, 0.2) is 35.7 Å². The minimum absolute atomic E-state index is 0.101. The molecule has 0 bridgehead atoms. The van der Waals surface area contributed by atoms with Crippen LogP contribution in [-0.2, 0) is 9.59 Å². The maximum atomic E-state index is 12.6. The van der Waals surface area contributed by atoms with Gasteiger partial charge in [-0.25, -0.2) is 0 Å². The van der Waals surface area contributed by atoms with Gasteiger partial charge in [-0.1, -0.05) is 12.1 Å². The maximum Gasteiger partial charge on any atom is 0.251 e. The topological polar surface area (TPSA) is 102 Å². The third-order valence-corrected chi connectivity index (χ3v) is 4.95. The van der Waals surface area contributed by atoms with Gasteiger partial charge in [0.05, 0.1) is 23.8 Å². The second kappa shape index (κ2) is 7.57. The number of benzene rings is 1. The van der Waals surface area contributed by atoms with Gasteiger partial charge in [-0.3, -0.25) is 14.4 Å². The fourth-order valence-electron chi connectivity index (χ4n) is 2.89. The van der Waals surface area contributed by atoms with E-state index in [0.29, 0.717) is 23.0 Å². The molecule has 1 aliphatic heterocycles. The van der Waals surface area contributed by atoms with Crippen LogP contribution in [0.25, 0.3) is 0 Å². The number of carbonyl (C=O) groups is 3. The van der Waals surface area contributed by atoms with Crippen LogP contribution in [0.1, 0.15) is 23.7 Å². The quantitative estimate of drug-likeness (QED) is 0.811. The molecule has 3 rings (SSSR count). The summed E-state index contributed by atoms with van der Waals surface area (Å²) < 4.78 is 5.58. The van der Waals surface area contributed by atoms with Crippen LogP contribution in [0.4, 0.5) is 10.7 Å². The first-order valence-corrected chi connectivity index (χ1v) is 9.09. The van der Waals surface area contributed by atoms with E-state index in [1.165, 1.54) is 11.3 Å². The zero-order chi connectivity index (χ0) is 18.7. The summed E-state index contributed by atoms with van der Waals surface area (Å²) >= 11 is 1.22. The van der Waals surface area contributed by atoms with E-state index in [0.717, 1.165) is 0 Å². The van der Waals surface area contributed by atoms with Gasteiger partial charge < -0.3 is 20.7 Å². The number of anilines is 2. The van der Waals surface area contributed by atoms with Gasteiger partial charge in [0, 0.05) is 13.0 Å². The van der Waals surface area contributed by atoms with E-state index in [1.54, 1.807) is 28.5 Å². The van der Waals surface area contributed by atoms with Crippen molar-refractivity contribution in [1.29, 1.82) is 0 Å². The van der Waals surface area contributed by atoms with Gasteiger partial charge in [0.2, 0.25) is 11.8 Å². The molecule has 1 aromatic heterocycles. The van der Waals surface area contributed by atoms with Crippen molar-refractivity contribution in [3.63, 3.8) is 0 Å². The second-order valence-corrected chi connectivity index (χ2v) is 6.74. The minimum Gasteiger partial charge on any atom is -0.492 e. The normalized spacial score (nSPS) is 16.6. The molecule has 1 atom stereocenters. The molecule has 1 fully saturated rings. The molecular weight excluding hydrogens is 354 g/mol. The Morgan fingerprint density at radius 3 is 2.85 bits per heavy atom. The number of rotatable bonds is 6. The van der Waals surface area contributed by atoms with Gasteiger partial charge in [0.15, 0.2) is 0 Å². The highest BCUT2D eigenvalue weighted by atomic mass is 32.1. The van der Waals surface area contributed by atoms with Crippen LogP contribution >= 0.6 is 11.3 Å². The number of carbonyl (C=O) groups excluding carboxylic acids is 3.